The molecule has 3 aliphatic rings. The van der Waals surface area contributed by atoms with Crippen molar-refractivity contribution in [2.24, 2.45) is 5.92 Å². The number of H-pyrrole nitrogens is 1. The summed E-state index contributed by atoms with van der Waals surface area (Å²) >= 11 is 1.78. The summed E-state index contributed by atoms with van der Waals surface area (Å²) in [6, 6.07) is 2.08. The number of rotatable bonds is 4. The highest BCUT2D eigenvalue weighted by Gasteiger charge is 2.36. The zero-order valence-electron chi connectivity index (χ0n) is 18.4. The number of carbonyl (C=O) groups is 1. The van der Waals surface area contributed by atoms with Crippen molar-refractivity contribution < 1.29 is 4.79 Å². The number of nitrogens with one attached hydrogen (secondary N) is 1. The Hall–Kier alpha value is -1.99. The number of amides is 1. The minimum absolute atomic E-state index is 0.0235. The van der Waals surface area contributed by atoms with E-state index in [0.29, 0.717) is 12.4 Å². The Labute approximate surface area is 187 Å². The quantitative estimate of drug-likeness (QED) is 0.782. The topological polar surface area (TPSA) is 69.3 Å². The van der Waals surface area contributed by atoms with Gasteiger partial charge >= 0.3 is 0 Å². The lowest BCUT2D eigenvalue weighted by atomic mass is 9.88. The van der Waals surface area contributed by atoms with Gasteiger partial charge in [0.25, 0.3) is 5.56 Å². The molecule has 5 rings (SSSR count). The van der Waals surface area contributed by atoms with Crippen molar-refractivity contribution in [2.75, 3.05) is 13.1 Å². The molecule has 0 unspecified atom stereocenters. The van der Waals surface area contributed by atoms with E-state index in [9.17, 15) is 9.59 Å². The molecule has 1 atom stereocenters. The molecule has 1 aliphatic carbocycles. The number of likely N-dealkylation sites (tertiary alicyclic amines) is 1. The van der Waals surface area contributed by atoms with Crippen LogP contribution in [0.4, 0.5) is 0 Å². The summed E-state index contributed by atoms with van der Waals surface area (Å²) in [5.41, 5.74) is 3.02. The molecule has 0 spiro atoms. The van der Waals surface area contributed by atoms with E-state index >= 15 is 0 Å². The average Bonchev–Trinajstić information content (AvgIpc) is 3.43. The molecular weight excluding hydrogens is 408 g/mol. The summed E-state index contributed by atoms with van der Waals surface area (Å²) in [6.45, 7) is 5.37. The fourth-order valence-electron chi connectivity index (χ4n) is 5.46. The largest absolute Gasteiger partial charge is 0.332 e. The van der Waals surface area contributed by atoms with Gasteiger partial charge in [0.05, 0.1) is 17.3 Å². The lowest BCUT2D eigenvalue weighted by Crippen LogP contribution is -2.39. The molecule has 7 heteroatoms. The summed E-state index contributed by atoms with van der Waals surface area (Å²) in [4.78, 5) is 39.9. The van der Waals surface area contributed by atoms with E-state index in [1.807, 2.05) is 4.90 Å². The second kappa shape index (κ2) is 8.87. The smallest absolute Gasteiger partial charge is 0.255 e. The molecule has 166 valence electrons. The maximum Gasteiger partial charge on any atom is 0.255 e. The van der Waals surface area contributed by atoms with Crippen LogP contribution < -0.4 is 5.56 Å². The maximum atomic E-state index is 13.2. The van der Waals surface area contributed by atoms with Crippen LogP contribution in [0.3, 0.4) is 0 Å². The molecule has 2 fully saturated rings. The molecule has 2 aliphatic heterocycles. The maximum absolute atomic E-state index is 13.2. The van der Waals surface area contributed by atoms with E-state index in [1.165, 1.54) is 16.9 Å². The second-order valence-corrected chi connectivity index (χ2v) is 10.4. The number of aryl methyl sites for hydroxylation is 1. The Kier molecular flexibility index (Phi) is 5.97. The van der Waals surface area contributed by atoms with Crippen LogP contribution in [-0.4, -0.2) is 38.8 Å². The molecule has 6 nitrogen and oxygen atoms in total. The molecule has 2 aromatic heterocycles. The van der Waals surface area contributed by atoms with Crippen molar-refractivity contribution in [2.45, 2.75) is 77.4 Å². The molecule has 4 heterocycles. The molecule has 1 saturated carbocycles. The number of hydrogen-bond donors (Lipinski definition) is 1. The van der Waals surface area contributed by atoms with Crippen molar-refractivity contribution in [1.29, 1.82) is 0 Å². The van der Waals surface area contributed by atoms with Crippen LogP contribution in [0.25, 0.3) is 0 Å². The zero-order chi connectivity index (χ0) is 21.4. The van der Waals surface area contributed by atoms with Crippen LogP contribution in [0, 0.1) is 12.8 Å². The molecular formula is C24H32N4O2S. The monoisotopic (exact) mass is 440 g/mol. The standard InChI is InChI=1S/C24H32N4O2S/c1-16-10-13-31-21(16)15-27-12-9-19-18(14-27)23(29)26-22(25-19)20-8-5-11-28(20)24(30)17-6-3-2-4-7-17/h10,13,17,20H,2-9,11-12,14-15H2,1H3,(H,25,26,29)/t20-/m0/s1. The van der Waals surface area contributed by atoms with E-state index in [2.05, 4.69) is 28.3 Å². The van der Waals surface area contributed by atoms with Crippen LogP contribution >= 0.6 is 11.3 Å². The third-order valence-corrected chi connectivity index (χ3v) is 8.32. The SMILES string of the molecule is Cc1ccsc1CN1CCc2nc([C@@H]3CCCN3C(=O)C3CCCCC3)[nH]c(=O)c2C1. The number of hydrogen-bond acceptors (Lipinski definition) is 5. The van der Waals surface area contributed by atoms with Gasteiger partial charge in [-0.2, -0.15) is 0 Å². The molecule has 0 bridgehead atoms. The highest BCUT2D eigenvalue weighted by atomic mass is 32.1. The Morgan fingerprint density at radius 3 is 2.81 bits per heavy atom. The number of carbonyl (C=O) groups excluding carboxylic acids is 1. The number of nitrogens with zero attached hydrogens (tertiary/aromatic N) is 3. The molecule has 0 radical (unpaired) electrons. The number of aromatic amines is 1. The van der Waals surface area contributed by atoms with Gasteiger partial charge in [-0.05, 0) is 49.6 Å². The van der Waals surface area contributed by atoms with Gasteiger partial charge in [-0.15, -0.1) is 11.3 Å². The van der Waals surface area contributed by atoms with Gasteiger partial charge in [0.1, 0.15) is 5.82 Å². The van der Waals surface area contributed by atoms with Gasteiger partial charge in [-0.1, -0.05) is 19.3 Å². The van der Waals surface area contributed by atoms with Gasteiger partial charge in [-0.3, -0.25) is 14.5 Å². The minimum atomic E-state index is -0.0702. The summed E-state index contributed by atoms with van der Waals surface area (Å²) in [7, 11) is 0. The van der Waals surface area contributed by atoms with E-state index in [0.717, 1.165) is 75.8 Å². The normalized spacial score (nSPS) is 22.6. The Morgan fingerprint density at radius 1 is 1.19 bits per heavy atom. The summed E-state index contributed by atoms with van der Waals surface area (Å²) < 4.78 is 0. The first-order valence-corrected chi connectivity index (χ1v) is 12.7. The van der Waals surface area contributed by atoms with Crippen LogP contribution in [0.15, 0.2) is 16.2 Å². The fraction of sp³-hybridized carbons (Fsp3) is 0.625. The Balaban J connectivity index is 1.33. The average molecular weight is 441 g/mol. The van der Waals surface area contributed by atoms with Crippen molar-refractivity contribution in [3.63, 3.8) is 0 Å². The third-order valence-electron chi connectivity index (χ3n) is 7.31. The van der Waals surface area contributed by atoms with Gasteiger partial charge in [0.15, 0.2) is 0 Å². The summed E-state index contributed by atoms with van der Waals surface area (Å²) in [5, 5.41) is 2.13. The van der Waals surface area contributed by atoms with Gasteiger partial charge in [0.2, 0.25) is 5.91 Å². The first kappa shape index (κ1) is 20.9. The highest BCUT2D eigenvalue weighted by Crippen LogP contribution is 2.34. The van der Waals surface area contributed by atoms with Gasteiger partial charge in [0, 0.05) is 43.4 Å². The van der Waals surface area contributed by atoms with Gasteiger partial charge in [-0.25, -0.2) is 4.98 Å². The number of fused-ring (bicyclic) bond motifs is 1. The van der Waals surface area contributed by atoms with E-state index in [1.54, 1.807) is 11.3 Å². The summed E-state index contributed by atoms with van der Waals surface area (Å²) in [6.07, 6.45) is 8.25. The Morgan fingerprint density at radius 2 is 2.03 bits per heavy atom. The lowest BCUT2D eigenvalue weighted by molar-refractivity contribution is -0.137. The first-order valence-electron chi connectivity index (χ1n) is 11.8. The molecule has 1 saturated heterocycles. The predicted octanol–water partition coefficient (Wildman–Crippen LogP) is 3.94. The van der Waals surface area contributed by atoms with Crippen LogP contribution in [0.1, 0.15) is 78.5 Å². The lowest BCUT2D eigenvalue weighted by Gasteiger charge is -2.31. The molecule has 1 amide bonds. The van der Waals surface area contributed by atoms with E-state index in [4.69, 9.17) is 4.98 Å². The van der Waals surface area contributed by atoms with Crippen LogP contribution in [-0.2, 0) is 24.3 Å². The van der Waals surface area contributed by atoms with Crippen LogP contribution in [0.5, 0.6) is 0 Å². The predicted molar refractivity (Wildman–Crippen MR) is 122 cm³/mol. The van der Waals surface area contributed by atoms with Crippen molar-refractivity contribution in [1.82, 2.24) is 19.8 Å². The fourth-order valence-corrected chi connectivity index (χ4v) is 6.41. The minimum Gasteiger partial charge on any atom is -0.332 e. The molecule has 1 N–H and O–H groups in total. The first-order chi connectivity index (χ1) is 15.1. The van der Waals surface area contributed by atoms with Crippen molar-refractivity contribution in [3.8, 4) is 0 Å². The third kappa shape index (κ3) is 4.22. The molecule has 0 aromatic carbocycles. The van der Waals surface area contributed by atoms with Crippen LogP contribution in [0.2, 0.25) is 0 Å². The number of thiophene rings is 1. The highest BCUT2D eigenvalue weighted by molar-refractivity contribution is 7.10. The number of aromatic nitrogens is 2. The van der Waals surface area contributed by atoms with E-state index < -0.39 is 0 Å². The van der Waals surface area contributed by atoms with Crippen molar-refractivity contribution in [3.05, 3.63) is 49.3 Å². The Bertz CT molecular complexity index is 1010. The van der Waals surface area contributed by atoms with Gasteiger partial charge < -0.3 is 9.88 Å². The molecule has 2 aromatic rings. The second-order valence-electron chi connectivity index (χ2n) is 9.39. The summed E-state index contributed by atoms with van der Waals surface area (Å²) in [5.74, 6) is 1.14. The van der Waals surface area contributed by atoms with E-state index in [-0.39, 0.29) is 23.4 Å². The van der Waals surface area contributed by atoms with Crippen molar-refractivity contribution >= 4 is 17.2 Å². The zero-order valence-corrected chi connectivity index (χ0v) is 19.2. The molecule has 31 heavy (non-hydrogen) atoms.